The van der Waals surface area contributed by atoms with Crippen LogP contribution in [-0.2, 0) is 11.8 Å². The van der Waals surface area contributed by atoms with Gasteiger partial charge >= 0.3 is 0 Å². The third kappa shape index (κ3) is 7.01. The topological polar surface area (TPSA) is 32.8 Å². The Labute approximate surface area is 521 Å². The van der Waals surface area contributed by atoms with Crippen molar-refractivity contribution in [1.82, 2.24) is 0 Å². The number of hydrogen-bond acceptors (Lipinski definition) is 4. The Morgan fingerprint density at radius 1 is 0.289 bits per heavy atom. The first kappa shape index (κ1) is 50.7. The highest BCUT2D eigenvalue weighted by Crippen LogP contribution is 2.68. The van der Waals surface area contributed by atoms with Gasteiger partial charge in [-0.2, -0.15) is 0 Å². The highest BCUT2D eigenvalue weighted by molar-refractivity contribution is 6.15. The molecular formula is C86H56N2O2. The molecule has 0 unspecified atom stereocenters. The van der Waals surface area contributed by atoms with Gasteiger partial charge in [0.15, 0.2) is 0 Å². The highest BCUT2D eigenvalue weighted by atomic mass is 16.3. The predicted octanol–water partition coefficient (Wildman–Crippen LogP) is 23.4. The number of fused-ring (bicyclic) bond motifs is 22. The summed E-state index contributed by atoms with van der Waals surface area (Å²) in [5.41, 5.74) is 31.2. The van der Waals surface area contributed by atoms with E-state index in [2.05, 4.69) is 315 Å². The maximum atomic E-state index is 7.02. The van der Waals surface area contributed by atoms with Gasteiger partial charge in [-0.3, -0.25) is 0 Å². The second-order valence-corrected chi connectivity index (χ2v) is 24.6. The zero-order chi connectivity index (χ0) is 59.3. The third-order valence-electron chi connectivity index (χ3n) is 19.9. The molecule has 14 aromatic carbocycles. The lowest BCUT2D eigenvalue weighted by Crippen LogP contribution is -2.27. The molecule has 19 rings (SSSR count). The molecule has 4 nitrogen and oxygen atoms in total. The molecule has 1 spiro atoms. The summed E-state index contributed by atoms with van der Waals surface area (Å²) in [4.78, 5) is 5.05. The molecule has 0 amide bonds. The van der Waals surface area contributed by atoms with Crippen LogP contribution in [0.4, 0.5) is 34.1 Å². The van der Waals surface area contributed by atoms with Crippen molar-refractivity contribution >= 4 is 88.8 Å². The molecule has 0 saturated heterocycles. The molecular weight excluding hydrogens is 1090 g/mol. The number of benzene rings is 14. The summed E-state index contributed by atoms with van der Waals surface area (Å²) in [5, 5.41) is 6.97. The summed E-state index contributed by atoms with van der Waals surface area (Å²) in [6, 6.07) is 108. The van der Waals surface area contributed by atoms with E-state index >= 15 is 0 Å². The molecule has 2 heterocycles. The first-order chi connectivity index (χ1) is 44.5. The summed E-state index contributed by atoms with van der Waals surface area (Å²) >= 11 is 0. The largest absolute Gasteiger partial charge is 0.455 e. The maximum absolute atomic E-state index is 7.02. The summed E-state index contributed by atoms with van der Waals surface area (Å²) in [5.74, 6) is 0. The molecule has 4 heteroatoms. The van der Waals surface area contributed by atoms with E-state index in [-0.39, 0.29) is 0 Å². The normalized spacial score (nSPS) is 13.0. The van der Waals surface area contributed by atoms with Crippen LogP contribution in [0.3, 0.4) is 0 Å². The summed E-state index contributed by atoms with van der Waals surface area (Å²) in [7, 11) is 0. The van der Waals surface area contributed by atoms with Crippen molar-refractivity contribution in [2.45, 2.75) is 25.7 Å². The number of para-hydroxylation sites is 8. The van der Waals surface area contributed by atoms with Gasteiger partial charge in [-0.25, -0.2) is 0 Å². The summed E-state index contributed by atoms with van der Waals surface area (Å²) in [6.07, 6.45) is 0.756. The zero-order valence-electron chi connectivity index (χ0n) is 49.6. The monoisotopic (exact) mass is 1150 g/mol. The molecule has 422 valence electrons. The van der Waals surface area contributed by atoms with E-state index in [4.69, 9.17) is 8.83 Å². The average Bonchev–Trinajstić information content (AvgIpc) is 1.50. The van der Waals surface area contributed by atoms with Gasteiger partial charge in [0.1, 0.15) is 22.3 Å². The number of aryl methyl sites for hydroxylation is 2. The van der Waals surface area contributed by atoms with Crippen molar-refractivity contribution in [2.24, 2.45) is 0 Å². The number of nitrogens with zero attached hydrogens (tertiary/aromatic N) is 2. The highest BCUT2D eigenvalue weighted by Gasteiger charge is 2.54. The van der Waals surface area contributed by atoms with E-state index < -0.39 is 5.41 Å². The fourth-order valence-electron chi connectivity index (χ4n) is 16.2. The summed E-state index contributed by atoms with van der Waals surface area (Å²) in [6.45, 7) is 4.28. The van der Waals surface area contributed by atoms with E-state index in [1.165, 1.54) is 77.5 Å². The van der Waals surface area contributed by atoms with E-state index in [1.54, 1.807) is 0 Å². The van der Waals surface area contributed by atoms with E-state index in [1.807, 2.05) is 0 Å². The Balaban J connectivity index is 0.917. The van der Waals surface area contributed by atoms with E-state index in [0.717, 1.165) is 118 Å². The SMILES string of the molecule is Cc1cccc2c1oc1c(-c3ccccc3N(c3ccccc3)c3ccc4c(c3)C3(c5ccccc5-c5ccccc53)c3cc(N(c5ccccc5)c5ccccc5-c5cccc6c5oc5c(C)cccc56)c5c(c3-4)-c3c(ccc4ccccc34)C5)cccc12. The van der Waals surface area contributed by atoms with Gasteiger partial charge in [0.2, 0.25) is 0 Å². The Kier molecular flexibility index (Phi) is 10.8. The second kappa shape index (κ2) is 19.3. The van der Waals surface area contributed by atoms with Crippen LogP contribution < -0.4 is 9.80 Å². The van der Waals surface area contributed by atoms with Gasteiger partial charge in [0.05, 0.1) is 22.5 Å². The average molecular weight is 1150 g/mol. The van der Waals surface area contributed by atoms with Gasteiger partial charge in [-0.1, -0.05) is 237 Å². The molecule has 0 N–H and O–H groups in total. The minimum absolute atomic E-state index is 0.756. The Bertz CT molecular complexity index is 5650. The molecule has 0 aliphatic heterocycles. The Morgan fingerprint density at radius 3 is 1.38 bits per heavy atom. The van der Waals surface area contributed by atoms with Crippen LogP contribution in [0, 0.1) is 13.8 Å². The first-order valence-corrected chi connectivity index (χ1v) is 31.3. The second-order valence-electron chi connectivity index (χ2n) is 24.6. The van der Waals surface area contributed by atoms with Crippen LogP contribution in [0.5, 0.6) is 0 Å². The van der Waals surface area contributed by atoms with E-state index in [0.29, 0.717) is 0 Å². The summed E-state index contributed by atoms with van der Waals surface area (Å²) < 4.78 is 14.0. The van der Waals surface area contributed by atoms with Crippen molar-refractivity contribution in [2.75, 3.05) is 9.80 Å². The third-order valence-corrected chi connectivity index (χ3v) is 19.9. The molecule has 2 aromatic heterocycles. The van der Waals surface area contributed by atoms with Gasteiger partial charge in [0.25, 0.3) is 0 Å². The molecule has 3 aliphatic rings. The van der Waals surface area contributed by atoms with Gasteiger partial charge in [0, 0.05) is 67.3 Å². The Morgan fingerprint density at radius 2 is 0.767 bits per heavy atom. The smallest absolute Gasteiger partial charge is 0.143 e. The molecule has 0 fully saturated rings. The molecule has 0 atom stereocenters. The molecule has 0 radical (unpaired) electrons. The van der Waals surface area contributed by atoms with Crippen molar-refractivity contribution in [1.29, 1.82) is 0 Å². The lowest BCUT2D eigenvalue weighted by Gasteiger charge is -2.35. The van der Waals surface area contributed by atoms with Crippen LogP contribution in [0.1, 0.15) is 44.5 Å². The number of anilines is 6. The van der Waals surface area contributed by atoms with Gasteiger partial charge in [-0.05, 0) is 157 Å². The maximum Gasteiger partial charge on any atom is 0.143 e. The molecule has 0 bridgehead atoms. The molecule has 0 saturated carbocycles. The zero-order valence-corrected chi connectivity index (χ0v) is 49.6. The first-order valence-electron chi connectivity index (χ1n) is 31.3. The Hall–Kier alpha value is -11.5. The number of rotatable bonds is 8. The van der Waals surface area contributed by atoms with Crippen LogP contribution >= 0.6 is 0 Å². The minimum Gasteiger partial charge on any atom is -0.455 e. The molecule has 16 aromatic rings. The van der Waals surface area contributed by atoms with Crippen molar-refractivity contribution in [3.05, 3.63) is 336 Å². The minimum atomic E-state index is -0.760. The van der Waals surface area contributed by atoms with Gasteiger partial charge < -0.3 is 18.6 Å². The van der Waals surface area contributed by atoms with Crippen LogP contribution in [0.2, 0.25) is 0 Å². The lowest BCUT2D eigenvalue weighted by molar-refractivity contribution is 0.666. The van der Waals surface area contributed by atoms with Crippen LogP contribution in [0.25, 0.3) is 110 Å². The fourth-order valence-corrected chi connectivity index (χ4v) is 16.2. The lowest BCUT2D eigenvalue weighted by atomic mass is 9.70. The van der Waals surface area contributed by atoms with Crippen LogP contribution in [0.15, 0.2) is 300 Å². The standard InChI is InChI=1S/C86H56N2O2/c1-52-23-19-35-66-68-39-21-37-64(84(68)89-82(52)66)62-33-13-17-43-76(62)87(56-26-5-3-6-27-56)58-47-48-70-74(50-58)86(72-41-15-11-31-60(72)61-32-12-16-42-73(61)86)75-51-78(71-49-55-46-45-54-25-9-10-30-59(54)79(55)81(71)80(70)75)88(57-28-7-4-8-29-57)77-44-18-14-34-63(77)65-38-22-40-69-67-36-20-24-53(2)83(67)90-85(65)69/h3-48,50-51H,49H2,1-2H3. The fraction of sp³-hybridized carbons (Fsp3) is 0.0465. The van der Waals surface area contributed by atoms with Crippen molar-refractivity contribution in [3.63, 3.8) is 0 Å². The molecule has 3 aliphatic carbocycles. The quantitative estimate of drug-likeness (QED) is 0.152. The predicted molar refractivity (Wildman–Crippen MR) is 373 cm³/mol. The van der Waals surface area contributed by atoms with Crippen molar-refractivity contribution < 1.29 is 8.83 Å². The number of furan rings is 2. The van der Waals surface area contributed by atoms with E-state index in [9.17, 15) is 0 Å². The van der Waals surface area contributed by atoms with Gasteiger partial charge in [-0.15, -0.1) is 0 Å². The molecule has 90 heavy (non-hydrogen) atoms. The van der Waals surface area contributed by atoms with Crippen LogP contribution in [-0.4, -0.2) is 0 Å². The van der Waals surface area contributed by atoms with Crippen molar-refractivity contribution in [3.8, 4) is 55.6 Å². The number of hydrogen-bond donors (Lipinski definition) is 0.